The van der Waals surface area contributed by atoms with Gasteiger partial charge in [0.05, 0.1) is 19.1 Å². The number of Topliss-reactive ketones (excluding diaryl/α,β-unsaturated/α-hetero) is 1. The van der Waals surface area contributed by atoms with E-state index < -0.39 is 22.6 Å². The van der Waals surface area contributed by atoms with Crippen LogP contribution in [0.3, 0.4) is 0 Å². The molecule has 0 unspecified atom stereocenters. The lowest BCUT2D eigenvalue weighted by atomic mass is 9.76. The second-order valence-corrected chi connectivity index (χ2v) is 7.03. The third-order valence-corrected chi connectivity index (χ3v) is 3.15. The van der Waals surface area contributed by atoms with Gasteiger partial charge in [0, 0.05) is 5.41 Å². The van der Waals surface area contributed by atoms with Crippen LogP contribution in [0.25, 0.3) is 0 Å². The van der Waals surface area contributed by atoms with Gasteiger partial charge in [-0.25, -0.2) is 0 Å². The van der Waals surface area contributed by atoms with Gasteiger partial charge in [0.25, 0.3) is 0 Å². The Morgan fingerprint density at radius 3 is 1.85 bits per heavy atom. The Morgan fingerprint density at radius 2 is 1.50 bits per heavy atom. The number of ether oxygens (including phenoxy) is 1. The molecule has 0 aromatic rings. The van der Waals surface area contributed by atoms with Gasteiger partial charge in [-0.2, -0.15) is 0 Å². The van der Waals surface area contributed by atoms with Crippen LogP contribution in [-0.2, 0) is 14.3 Å². The Morgan fingerprint density at radius 1 is 1.00 bits per heavy atom. The van der Waals surface area contributed by atoms with Crippen LogP contribution < -0.4 is 0 Å². The molecule has 5 nitrogen and oxygen atoms in total. The van der Waals surface area contributed by atoms with E-state index in [1.807, 2.05) is 0 Å². The number of carbonyl (C=O) groups excluding carboxylic acids is 2. The number of hydrogen-bond donors (Lipinski definition) is 2. The Kier molecular flexibility index (Phi) is 6.36. The predicted octanol–water partition coefficient (Wildman–Crippen LogP) is 1.84. The molecule has 0 fully saturated rings. The molecule has 0 heterocycles. The first-order valence-electron chi connectivity index (χ1n) is 6.88. The molecule has 0 aliphatic carbocycles. The van der Waals surface area contributed by atoms with E-state index in [1.165, 1.54) is 7.11 Å². The molecule has 0 saturated carbocycles. The molecule has 5 heteroatoms. The standard InChI is InChI=1S/C15H28O5/c1-13(2,3)12(17)15(19,10-11(16)20-6)9-7-8-14(4,5)18/h18-19H,7-10H2,1-6H3/t15-/m1/s1. The minimum absolute atomic E-state index is 0.127. The van der Waals surface area contributed by atoms with Crippen molar-refractivity contribution >= 4 is 11.8 Å². The molecule has 0 aliphatic rings. The van der Waals surface area contributed by atoms with Crippen LogP contribution in [0.2, 0.25) is 0 Å². The fourth-order valence-electron chi connectivity index (χ4n) is 2.10. The SMILES string of the molecule is COC(=O)C[C@](O)(CCCC(C)(C)O)C(=O)C(C)(C)C. The molecule has 0 aromatic carbocycles. The lowest BCUT2D eigenvalue weighted by molar-refractivity contribution is -0.158. The van der Waals surface area contributed by atoms with E-state index in [0.717, 1.165) is 0 Å². The maximum Gasteiger partial charge on any atom is 0.308 e. The van der Waals surface area contributed by atoms with Gasteiger partial charge in [-0.3, -0.25) is 9.59 Å². The van der Waals surface area contributed by atoms with Crippen molar-refractivity contribution in [2.24, 2.45) is 5.41 Å². The van der Waals surface area contributed by atoms with Gasteiger partial charge in [0.2, 0.25) is 0 Å². The van der Waals surface area contributed by atoms with Crippen LogP contribution in [0.4, 0.5) is 0 Å². The maximum atomic E-state index is 12.4. The highest BCUT2D eigenvalue weighted by atomic mass is 16.5. The van der Waals surface area contributed by atoms with Gasteiger partial charge in [-0.1, -0.05) is 20.8 Å². The van der Waals surface area contributed by atoms with Crippen LogP contribution in [0.5, 0.6) is 0 Å². The molecule has 0 saturated heterocycles. The van der Waals surface area contributed by atoms with Crippen molar-refractivity contribution < 1.29 is 24.5 Å². The van der Waals surface area contributed by atoms with Crippen molar-refractivity contribution in [2.45, 2.75) is 71.5 Å². The Balaban J connectivity index is 4.97. The number of ketones is 1. The number of esters is 1. The molecule has 1 atom stereocenters. The topological polar surface area (TPSA) is 83.8 Å². The van der Waals surface area contributed by atoms with E-state index >= 15 is 0 Å². The van der Waals surface area contributed by atoms with Crippen LogP contribution in [0, 0.1) is 5.41 Å². The van der Waals surface area contributed by atoms with Crippen molar-refractivity contribution in [2.75, 3.05) is 7.11 Å². The summed E-state index contributed by atoms with van der Waals surface area (Å²) in [5.74, 6) is -1.00. The molecule has 118 valence electrons. The summed E-state index contributed by atoms with van der Waals surface area (Å²) in [7, 11) is 1.22. The Labute approximate surface area is 121 Å². The lowest BCUT2D eigenvalue weighted by Crippen LogP contribution is -2.47. The molecule has 0 aromatic heterocycles. The van der Waals surface area contributed by atoms with Crippen molar-refractivity contribution in [1.82, 2.24) is 0 Å². The third kappa shape index (κ3) is 6.48. The van der Waals surface area contributed by atoms with E-state index in [1.54, 1.807) is 34.6 Å². The van der Waals surface area contributed by atoms with E-state index in [0.29, 0.717) is 12.8 Å². The van der Waals surface area contributed by atoms with Crippen LogP contribution >= 0.6 is 0 Å². The van der Waals surface area contributed by atoms with E-state index in [-0.39, 0.29) is 18.6 Å². The minimum atomic E-state index is -1.74. The molecule has 0 bridgehead atoms. The zero-order chi connectivity index (χ0) is 16.2. The van der Waals surface area contributed by atoms with Gasteiger partial charge in [-0.15, -0.1) is 0 Å². The van der Waals surface area contributed by atoms with Gasteiger partial charge < -0.3 is 14.9 Å². The van der Waals surface area contributed by atoms with Crippen molar-refractivity contribution in [3.05, 3.63) is 0 Å². The molecule has 0 radical (unpaired) electrons. The highest BCUT2D eigenvalue weighted by Gasteiger charge is 2.43. The van der Waals surface area contributed by atoms with Crippen molar-refractivity contribution in [1.29, 1.82) is 0 Å². The number of aliphatic hydroxyl groups is 2. The highest BCUT2D eigenvalue weighted by molar-refractivity contribution is 5.94. The van der Waals surface area contributed by atoms with Gasteiger partial charge in [0.1, 0.15) is 5.60 Å². The first-order valence-corrected chi connectivity index (χ1v) is 6.88. The smallest absolute Gasteiger partial charge is 0.308 e. The summed E-state index contributed by atoms with van der Waals surface area (Å²) in [6.07, 6.45) is 0.653. The molecule has 0 rings (SSSR count). The molecule has 20 heavy (non-hydrogen) atoms. The average molecular weight is 288 g/mol. The second kappa shape index (κ2) is 6.68. The molecular weight excluding hydrogens is 260 g/mol. The summed E-state index contributed by atoms with van der Waals surface area (Å²) < 4.78 is 4.56. The summed E-state index contributed by atoms with van der Waals surface area (Å²) in [6.45, 7) is 8.44. The second-order valence-electron chi connectivity index (χ2n) is 7.03. The zero-order valence-electron chi connectivity index (χ0n) is 13.4. The van der Waals surface area contributed by atoms with Crippen LogP contribution in [0.15, 0.2) is 0 Å². The van der Waals surface area contributed by atoms with Crippen molar-refractivity contribution in [3.63, 3.8) is 0 Å². The largest absolute Gasteiger partial charge is 0.469 e. The van der Waals surface area contributed by atoms with Crippen LogP contribution in [-0.4, -0.2) is 40.3 Å². The molecule has 0 spiro atoms. The van der Waals surface area contributed by atoms with E-state index in [9.17, 15) is 19.8 Å². The maximum absolute atomic E-state index is 12.4. The monoisotopic (exact) mass is 288 g/mol. The number of methoxy groups -OCH3 is 1. The van der Waals surface area contributed by atoms with Gasteiger partial charge in [0.15, 0.2) is 5.78 Å². The third-order valence-electron chi connectivity index (χ3n) is 3.15. The molecule has 0 aliphatic heterocycles. The fourth-order valence-corrected chi connectivity index (χ4v) is 2.10. The summed E-state index contributed by atoms with van der Waals surface area (Å²) in [5.41, 5.74) is -3.36. The van der Waals surface area contributed by atoms with Gasteiger partial charge in [-0.05, 0) is 33.1 Å². The molecular formula is C15H28O5. The Hall–Kier alpha value is -0.940. The lowest BCUT2D eigenvalue weighted by Gasteiger charge is -2.32. The average Bonchev–Trinajstić information content (AvgIpc) is 2.24. The fraction of sp³-hybridized carbons (Fsp3) is 0.867. The van der Waals surface area contributed by atoms with Crippen molar-refractivity contribution in [3.8, 4) is 0 Å². The van der Waals surface area contributed by atoms with E-state index in [2.05, 4.69) is 4.74 Å². The minimum Gasteiger partial charge on any atom is -0.469 e. The first kappa shape index (κ1) is 19.1. The summed E-state index contributed by atoms with van der Waals surface area (Å²) in [5, 5.41) is 20.3. The van der Waals surface area contributed by atoms with Crippen LogP contribution in [0.1, 0.15) is 60.3 Å². The Bertz CT molecular complexity index is 348. The summed E-state index contributed by atoms with van der Waals surface area (Å²) in [6, 6.07) is 0. The molecule has 2 N–H and O–H groups in total. The first-order chi connectivity index (χ1) is 8.82. The quantitative estimate of drug-likeness (QED) is 0.698. The zero-order valence-corrected chi connectivity index (χ0v) is 13.4. The number of hydrogen-bond acceptors (Lipinski definition) is 5. The highest BCUT2D eigenvalue weighted by Crippen LogP contribution is 2.31. The predicted molar refractivity (Wildman–Crippen MR) is 76.2 cm³/mol. The summed E-state index contributed by atoms with van der Waals surface area (Å²) in [4.78, 5) is 23.8. The summed E-state index contributed by atoms with van der Waals surface area (Å²) >= 11 is 0. The number of carbonyl (C=O) groups is 2. The normalized spacial score (nSPS) is 15.6. The van der Waals surface area contributed by atoms with Gasteiger partial charge >= 0.3 is 5.97 Å². The molecule has 0 amide bonds. The number of rotatable bonds is 7. The van der Waals surface area contributed by atoms with E-state index in [4.69, 9.17) is 0 Å².